The van der Waals surface area contributed by atoms with Crippen LogP contribution in [0.2, 0.25) is 0 Å². The van der Waals surface area contributed by atoms with Gasteiger partial charge in [0.1, 0.15) is 6.54 Å². The normalized spacial score (nSPS) is 11.7. The molecule has 4 nitrogen and oxygen atoms in total. The monoisotopic (exact) mass is 415 g/mol. The summed E-state index contributed by atoms with van der Waals surface area (Å²) < 4.78 is 38.7. The zero-order chi connectivity index (χ0) is 17.3. The van der Waals surface area contributed by atoms with E-state index < -0.39 is 18.3 Å². The molecule has 0 saturated carbocycles. The Morgan fingerprint density at radius 3 is 2.58 bits per heavy atom. The molecule has 1 aromatic carbocycles. The molecule has 3 aromatic rings. The Hall–Kier alpha value is -2.00. The highest BCUT2D eigenvalue weighted by Crippen LogP contribution is 2.30. The fourth-order valence-electron chi connectivity index (χ4n) is 2.10. The lowest BCUT2D eigenvalue weighted by Gasteiger charge is -2.10. The molecule has 0 atom stereocenters. The Labute approximate surface area is 146 Å². The van der Waals surface area contributed by atoms with Crippen LogP contribution in [0.3, 0.4) is 0 Å². The van der Waals surface area contributed by atoms with Crippen molar-refractivity contribution in [2.24, 2.45) is 0 Å². The smallest absolute Gasteiger partial charge is 0.266 e. The number of benzene rings is 1. The van der Waals surface area contributed by atoms with Crippen LogP contribution in [-0.4, -0.2) is 20.9 Å². The fraction of sp³-hybridized carbons (Fsp3) is 0.133. The van der Waals surface area contributed by atoms with Gasteiger partial charge in [-0.15, -0.1) is 5.10 Å². The molecule has 0 N–H and O–H groups in total. The molecule has 2 heterocycles. The summed E-state index contributed by atoms with van der Waals surface area (Å²) in [5.74, 6) is 0.0524. The highest BCUT2D eigenvalue weighted by molar-refractivity contribution is 9.10. The van der Waals surface area contributed by atoms with Gasteiger partial charge >= 0.3 is 6.18 Å². The molecule has 0 radical (unpaired) electrons. The summed E-state index contributed by atoms with van der Waals surface area (Å²) in [6, 6.07) is 7.27. The lowest BCUT2D eigenvalue weighted by Crippen LogP contribution is -2.30. The lowest BCUT2D eigenvalue weighted by molar-refractivity contribution is -0.143. The van der Waals surface area contributed by atoms with Gasteiger partial charge in [0.05, 0.1) is 6.20 Å². The van der Waals surface area contributed by atoms with Gasteiger partial charge in [0.15, 0.2) is 5.82 Å². The molecule has 0 aliphatic heterocycles. The van der Waals surface area contributed by atoms with Crippen molar-refractivity contribution in [1.82, 2.24) is 14.8 Å². The van der Waals surface area contributed by atoms with Gasteiger partial charge in [-0.05, 0) is 46.2 Å². The molecule has 0 aliphatic carbocycles. The molecule has 0 fully saturated rings. The number of nitrogens with zero attached hydrogens (tertiary/aromatic N) is 3. The minimum atomic E-state index is -4.53. The van der Waals surface area contributed by atoms with E-state index in [0.29, 0.717) is 10.2 Å². The van der Waals surface area contributed by atoms with Crippen molar-refractivity contribution in [3.05, 3.63) is 56.0 Å². The Bertz CT molecular complexity index is 922. The predicted octanol–water partition coefficient (Wildman–Crippen LogP) is 4.36. The van der Waals surface area contributed by atoms with Gasteiger partial charge in [-0.3, -0.25) is 4.79 Å². The molecular formula is C15H9BrF3N3OS. The average molecular weight is 416 g/mol. The molecule has 0 spiro atoms. The molecule has 9 heteroatoms. The van der Waals surface area contributed by atoms with Crippen LogP contribution in [0.15, 0.2) is 50.5 Å². The number of halogens is 4. The summed E-state index contributed by atoms with van der Waals surface area (Å²) in [6.45, 7) is -1.45. The van der Waals surface area contributed by atoms with Gasteiger partial charge in [-0.2, -0.15) is 24.5 Å². The summed E-state index contributed by atoms with van der Waals surface area (Å²) in [7, 11) is 0. The van der Waals surface area contributed by atoms with E-state index in [1.165, 1.54) is 11.3 Å². The molecule has 2 aromatic heterocycles. The quantitative estimate of drug-likeness (QED) is 0.638. The minimum Gasteiger partial charge on any atom is -0.266 e. The van der Waals surface area contributed by atoms with Crippen LogP contribution < -0.4 is 5.56 Å². The van der Waals surface area contributed by atoms with Crippen LogP contribution in [0.1, 0.15) is 0 Å². The van der Waals surface area contributed by atoms with E-state index in [9.17, 15) is 18.0 Å². The van der Waals surface area contributed by atoms with Gasteiger partial charge in [0, 0.05) is 10.0 Å². The van der Waals surface area contributed by atoms with Gasteiger partial charge < -0.3 is 0 Å². The maximum absolute atomic E-state index is 12.5. The number of hydrogen-bond donors (Lipinski definition) is 0. The van der Waals surface area contributed by atoms with Crippen molar-refractivity contribution in [1.29, 1.82) is 0 Å². The van der Waals surface area contributed by atoms with Crippen molar-refractivity contribution in [3.8, 4) is 22.5 Å². The van der Waals surface area contributed by atoms with E-state index >= 15 is 0 Å². The van der Waals surface area contributed by atoms with E-state index in [2.05, 4.69) is 26.0 Å². The zero-order valence-corrected chi connectivity index (χ0v) is 14.3. The van der Waals surface area contributed by atoms with Crippen LogP contribution >= 0.6 is 27.3 Å². The summed E-state index contributed by atoms with van der Waals surface area (Å²) >= 11 is 4.91. The van der Waals surface area contributed by atoms with Crippen molar-refractivity contribution < 1.29 is 13.2 Å². The van der Waals surface area contributed by atoms with E-state index in [0.717, 1.165) is 21.8 Å². The largest absolute Gasteiger partial charge is 0.408 e. The molecule has 0 unspecified atom stereocenters. The third kappa shape index (κ3) is 3.90. The summed E-state index contributed by atoms with van der Waals surface area (Å²) in [5, 5.41) is 7.63. The summed E-state index contributed by atoms with van der Waals surface area (Å²) in [4.78, 5) is 15.4. The van der Waals surface area contributed by atoms with Gasteiger partial charge in [-0.1, -0.05) is 15.9 Å². The topological polar surface area (TPSA) is 47.8 Å². The van der Waals surface area contributed by atoms with Crippen molar-refractivity contribution in [3.63, 3.8) is 0 Å². The number of hydrogen-bond acceptors (Lipinski definition) is 4. The summed E-state index contributed by atoms with van der Waals surface area (Å²) in [6.07, 6.45) is -3.69. The second kappa shape index (κ2) is 6.48. The fourth-order valence-corrected chi connectivity index (χ4v) is 3.26. The van der Waals surface area contributed by atoms with Crippen molar-refractivity contribution >= 4 is 27.3 Å². The van der Waals surface area contributed by atoms with Gasteiger partial charge in [0.2, 0.25) is 0 Å². The van der Waals surface area contributed by atoms with Gasteiger partial charge in [0.25, 0.3) is 5.56 Å². The van der Waals surface area contributed by atoms with E-state index in [1.807, 2.05) is 22.9 Å². The molecule has 3 rings (SSSR count). The Morgan fingerprint density at radius 1 is 1.17 bits per heavy atom. The second-order valence-electron chi connectivity index (χ2n) is 4.93. The van der Waals surface area contributed by atoms with E-state index in [1.54, 1.807) is 12.1 Å². The zero-order valence-electron chi connectivity index (χ0n) is 11.9. The molecule has 0 bridgehead atoms. The van der Waals surface area contributed by atoms with Crippen LogP contribution in [0.25, 0.3) is 22.5 Å². The number of thiophene rings is 1. The lowest BCUT2D eigenvalue weighted by atomic mass is 10.1. The van der Waals surface area contributed by atoms with E-state index in [-0.39, 0.29) is 5.82 Å². The van der Waals surface area contributed by atoms with Gasteiger partial charge in [-0.25, -0.2) is 9.67 Å². The molecular weight excluding hydrogens is 407 g/mol. The molecule has 24 heavy (non-hydrogen) atoms. The first kappa shape index (κ1) is 16.8. The minimum absolute atomic E-state index is 0.0524. The standard InChI is InChI=1S/C15H9BrF3N3OS/c16-12-4-10(9-1-2-24-7-9)3-11(5-12)14-20-6-13(23)22(21-14)8-15(17,18)19/h1-7H,8H2. The maximum Gasteiger partial charge on any atom is 0.408 e. The van der Waals surface area contributed by atoms with Crippen LogP contribution in [0, 0.1) is 0 Å². The third-order valence-corrected chi connectivity index (χ3v) is 4.25. The van der Waals surface area contributed by atoms with Crippen molar-refractivity contribution in [2.45, 2.75) is 12.7 Å². The van der Waals surface area contributed by atoms with Crippen LogP contribution in [0.5, 0.6) is 0 Å². The highest BCUT2D eigenvalue weighted by Gasteiger charge is 2.29. The number of aromatic nitrogens is 3. The Kier molecular flexibility index (Phi) is 4.55. The first-order chi connectivity index (χ1) is 11.3. The predicted molar refractivity (Wildman–Crippen MR) is 88.8 cm³/mol. The Balaban J connectivity index is 2.06. The molecule has 0 aliphatic rings. The third-order valence-electron chi connectivity index (χ3n) is 3.11. The average Bonchev–Trinajstić information content (AvgIpc) is 3.02. The maximum atomic E-state index is 12.5. The van der Waals surface area contributed by atoms with Crippen LogP contribution in [0.4, 0.5) is 13.2 Å². The molecule has 0 saturated heterocycles. The SMILES string of the molecule is O=c1cnc(-c2cc(Br)cc(-c3ccsc3)c2)nn1CC(F)(F)F. The summed E-state index contributed by atoms with van der Waals surface area (Å²) in [5.41, 5.74) is 1.47. The first-order valence-electron chi connectivity index (χ1n) is 6.66. The molecule has 0 amide bonds. The number of rotatable bonds is 3. The Morgan fingerprint density at radius 2 is 1.92 bits per heavy atom. The highest BCUT2D eigenvalue weighted by atomic mass is 79.9. The second-order valence-corrected chi connectivity index (χ2v) is 6.63. The molecule has 124 valence electrons. The number of alkyl halides is 3. The van der Waals surface area contributed by atoms with Crippen LogP contribution in [-0.2, 0) is 6.54 Å². The first-order valence-corrected chi connectivity index (χ1v) is 8.40. The van der Waals surface area contributed by atoms with Crippen molar-refractivity contribution in [2.75, 3.05) is 0 Å². The van der Waals surface area contributed by atoms with E-state index in [4.69, 9.17) is 0 Å².